The van der Waals surface area contributed by atoms with Gasteiger partial charge in [-0.15, -0.1) is 10.2 Å². The summed E-state index contributed by atoms with van der Waals surface area (Å²) in [4.78, 5) is 23.1. The third-order valence-electron chi connectivity index (χ3n) is 4.48. The van der Waals surface area contributed by atoms with Crippen molar-refractivity contribution < 1.29 is 32.3 Å². The topological polar surface area (TPSA) is 123 Å². The van der Waals surface area contributed by atoms with Crippen molar-refractivity contribution in [3.8, 4) is 11.5 Å². The minimum Gasteiger partial charge on any atom is -0.475 e. The van der Waals surface area contributed by atoms with Gasteiger partial charge in [-0.2, -0.15) is 13.2 Å². The van der Waals surface area contributed by atoms with Crippen LogP contribution in [0.25, 0.3) is 11.5 Å². The quantitative estimate of drug-likeness (QED) is 0.680. The van der Waals surface area contributed by atoms with E-state index in [0.717, 1.165) is 25.9 Å². The Kier molecular flexibility index (Phi) is 8.27. The molecular weight excluding hydrogens is 464 g/mol. The molecule has 13 heteroatoms. The number of aliphatic carboxylic acids is 1. The average molecular weight is 483 g/mol. The molecule has 0 bridgehead atoms. The average Bonchev–Trinajstić information content (AvgIpc) is 3.38. The van der Waals surface area contributed by atoms with Crippen LogP contribution in [0.15, 0.2) is 22.6 Å². The van der Waals surface area contributed by atoms with E-state index in [1.165, 1.54) is 0 Å². The zero-order valence-electron chi connectivity index (χ0n) is 16.2. The number of hydrogen-bond donors (Lipinski definition) is 2. The number of nitrogens with zero attached hydrogens (tertiary/aromatic N) is 3. The van der Waals surface area contributed by atoms with E-state index in [2.05, 4.69) is 10.2 Å². The first-order chi connectivity index (χ1) is 14.4. The van der Waals surface area contributed by atoms with Crippen LogP contribution in [0.5, 0.6) is 0 Å². The van der Waals surface area contributed by atoms with Crippen LogP contribution in [0.2, 0.25) is 10.0 Å². The summed E-state index contributed by atoms with van der Waals surface area (Å²) in [6.45, 7) is 3.32. The van der Waals surface area contributed by atoms with Crippen molar-refractivity contribution in [3.05, 3.63) is 34.1 Å². The van der Waals surface area contributed by atoms with Gasteiger partial charge in [-0.25, -0.2) is 4.79 Å². The largest absolute Gasteiger partial charge is 0.490 e. The predicted octanol–water partition coefficient (Wildman–Crippen LogP) is 3.73. The number of halogens is 5. The Hall–Kier alpha value is -2.37. The third-order valence-corrected chi connectivity index (χ3v) is 5.02. The van der Waals surface area contributed by atoms with Crippen molar-refractivity contribution in [3.63, 3.8) is 0 Å². The van der Waals surface area contributed by atoms with Crippen LogP contribution in [-0.4, -0.2) is 57.4 Å². The fraction of sp³-hybridized carbons (Fsp3) is 0.444. The van der Waals surface area contributed by atoms with Crippen LogP contribution in [0.4, 0.5) is 13.2 Å². The number of carboxylic acids is 1. The second kappa shape index (κ2) is 10.3. The van der Waals surface area contributed by atoms with Gasteiger partial charge in [0.15, 0.2) is 0 Å². The lowest BCUT2D eigenvalue weighted by atomic mass is 10.0. The first kappa shape index (κ1) is 24.9. The Balaban J connectivity index is 0.000000423. The van der Waals surface area contributed by atoms with Crippen LogP contribution in [0, 0.1) is 0 Å². The first-order valence-corrected chi connectivity index (χ1v) is 9.80. The number of carbonyl (C=O) groups excluding carboxylic acids is 1. The lowest BCUT2D eigenvalue weighted by Crippen LogP contribution is -2.45. The van der Waals surface area contributed by atoms with Gasteiger partial charge >= 0.3 is 12.1 Å². The molecule has 0 saturated carbocycles. The van der Waals surface area contributed by atoms with E-state index in [1.807, 2.05) is 0 Å². The Bertz CT molecular complexity index is 933. The van der Waals surface area contributed by atoms with E-state index in [1.54, 1.807) is 30.0 Å². The number of carboxylic acid groups (broad SMARTS) is 1. The van der Waals surface area contributed by atoms with E-state index >= 15 is 0 Å². The molecule has 1 aliphatic rings. The van der Waals surface area contributed by atoms with Crippen molar-refractivity contribution in [1.82, 2.24) is 15.1 Å². The van der Waals surface area contributed by atoms with Gasteiger partial charge in [0, 0.05) is 18.1 Å². The number of likely N-dealkylation sites (tertiary alicyclic amines) is 1. The Morgan fingerprint density at radius 3 is 2.32 bits per heavy atom. The van der Waals surface area contributed by atoms with Crippen LogP contribution in [0.1, 0.15) is 31.6 Å². The monoisotopic (exact) mass is 482 g/mol. The van der Waals surface area contributed by atoms with E-state index < -0.39 is 18.2 Å². The number of benzene rings is 1. The Morgan fingerprint density at radius 2 is 1.81 bits per heavy atom. The molecule has 2 aromatic rings. The van der Waals surface area contributed by atoms with E-state index in [9.17, 15) is 18.0 Å². The molecule has 1 amide bonds. The second-order valence-electron chi connectivity index (χ2n) is 6.72. The molecule has 1 fully saturated rings. The lowest BCUT2D eigenvalue weighted by Gasteiger charge is -2.22. The summed E-state index contributed by atoms with van der Waals surface area (Å²) in [6, 6.07) is 4.30. The summed E-state index contributed by atoms with van der Waals surface area (Å²) in [6.07, 6.45) is -3.04. The first-order valence-electron chi connectivity index (χ1n) is 9.05. The van der Waals surface area contributed by atoms with Gasteiger partial charge in [-0.05, 0) is 31.0 Å². The number of nitrogens with two attached hydrogens (primary N) is 1. The van der Waals surface area contributed by atoms with Crippen LogP contribution >= 0.6 is 23.2 Å². The second-order valence-corrected chi connectivity index (χ2v) is 7.56. The normalized spacial score (nSPS) is 15.8. The molecule has 3 rings (SSSR count). The summed E-state index contributed by atoms with van der Waals surface area (Å²) in [5.41, 5.74) is 6.70. The van der Waals surface area contributed by atoms with Crippen molar-refractivity contribution in [2.24, 2.45) is 5.73 Å². The number of carbonyl (C=O) groups is 2. The van der Waals surface area contributed by atoms with Crippen LogP contribution in [0.3, 0.4) is 0 Å². The van der Waals surface area contributed by atoms with Crippen LogP contribution < -0.4 is 5.73 Å². The van der Waals surface area contributed by atoms with Crippen LogP contribution in [-0.2, 0) is 9.59 Å². The van der Waals surface area contributed by atoms with Crippen molar-refractivity contribution >= 4 is 35.1 Å². The molecule has 170 valence electrons. The number of amides is 1. The van der Waals surface area contributed by atoms with Gasteiger partial charge in [0.1, 0.15) is 0 Å². The fourth-order valence-electron chi connectivity index (χ4n) is 2.71. The zero-order chi connectivity index (χ0) is 23.3. The summed E-state index contributed by atoms with van der Waals surface area (Å²) >= 11 is 12.0. The molecule has 2 atom stereocenters. The molecule has 0 unspecified atom stereocenters. The Labute approximate surface area is 185 Å². The Morgan fingerprint density at radius 1 is 1.23 bits per heavy atom. The summed E-state index contributed by atoms with van der Waals surface area (Å²) in [7, 11) is 0. The maximum Gasteiger partial charge on any atom is 0.490 e. The van der Waals surface area contributed by atoms with Gasteiger partial charge in [-0.3, -0.25) is 4.79 Å². The highest BCUT2D eigenvalue weighted by molar-refractivity contribution is 6.36. The molecule has 1 saturated heterocycles. The van der Waals surface area contributed by atoms with Crippen molar-refractivity contribution in [1.29, 1.82) is 0 Å². The maximum absolute atomic E-state index is 12.4. The molecule has 1 aliphatic heterocycles. The van der Waals surface area contributed by atoms with Gasteiger partial charge < -0.3 is 20.2 Å². The molecule has 2 heterocycles. The summed E-state index contributed by atoms with van der Waals surface area (Å²) < 4.78 is 37.4. The molecule has 8 nitrogen and oxygen atoms in total. The summed E-state index contributed by atoms with van der Waals surface area (Å²) in [5, 5.41) is 16.1. The lowest BCUT2D eigenvalue weighted by molar-refractivity contribution is -0.192. The van der Waals surface area contributed by atoms with E-state index in [0.29, 0.717) is 21.5 Å². The van der Waals surface area contributed by atoms with Gasteiger partial charge in [0.05, 0.1) is 22.5 Å². The number of rotatable bonds is 4. The highest BCUT2D eigenvalue weighted by atomic mass is 35.5. The highest BCUT2D eigenvalue weighted by Crippen LogP contribution is 2.31. The smallest absolute Gasteiger partial charge is 0.475 e. The third kappa shape index (κ3) is 6.55. The van der Waals surface area contributed by atoms with Crippen molar-refractivity contribution in [2.45, 2.75) is 37.9 Å². The number of aromatic nitrogens is 2. The molecule has 0 spiro atoms. The molecule has 31 heavy (non-hydrogen) atoms. The fourth-order valence-corrected chi connectivity index (χ4v) is 3.20. The molecule has 3 N–H and O–H groups in total. The van der Waals surface area contributed by atoms with E-state index in [4.69, 9.17) is 43.3 Å². The molecular formula is C18H19Cl2F3N4O4. The standard InChI is InChI=1S/C16H18Cl2N4O2.C2HF3O2/c1-9(13(19)16(23)22-6-2-3-7-22)14-20-21-15(24-14)11-5-4-10(17)8-12(11)18;3-2(4,5)1(6)7/h4-5,8-9,13H,2-3,6-7,19H2,1H3;(H,6,7)/t9-,13-;/m0./s1. The molecule has 0 aliphatic carbocycles. The highest BCUT2D eigenvalue weighted by Gasteiger charge is 2.38. The van der Waals surface area contributed by atoms with Gasteiger partial charge in [0.2, 0.25) is 17.7 Å². The number of alkyl halides is 3. The molecule has 1 aromatic heterocycles. The zero-order valence-corrected chi connectivity index (χ0v) is 17.7. The minimum atomic E-state index is -5.08. The SMILES string of the molecule is C[C@H](c1nnc(-c2ccc(Cl)cc2Cl)o1)[C@H](N)C(=O)N1CCCC1.O=C(O)C(F)(F)F. The van der Waals surface area contributed by atoms with Gasteiger partial charge in [0.25, 0.3) is 0 Å². The molecule has 0 radical (unpaired) electrons. The minimum absolute atomic E-state index is 0.0794. The predicted molar refractivity (Wildman–Crippen MR) is 106 cm³/mol. The van der Waals surface area contributed by atoms with E-state index in [-0.39, 0.29) is 17.7 Å². The van der Waals surface area contributed by atoms with Gasteiger partial charge in [-0.1, -0.05) is 30.1 Å². The summed E-state index contributed by atoms with van der Waals surface area (Å²) in [5.74, 6) is -2.63. The maximum atomic E-state index is 12.4. The number of hydrogen-bond acceptors (Lipinski definition) is 6. The van der Waals surface area contributed by atoms with Crippen molar-refractivity contribution in [2.75, 3.05) is 13.1 Å². The molecule has 1 aromatic carbocycles.